The Labute approximate surface area is 131 Å². The number of carboxylic acids is 1. The van der Waals surface area contributed by atoms with Gasteiger partial charge in [0, 0.05) is 0 Å². The van der Waals surface area contributed by atoms with Gasteiger partial charge in [-0.2, -0.15) is 0 Å². The van der Waals surface area contributed by atoms with E-state index in [1.165, 1.54) is 6.08 Å². The fourth-order valence-corrected chi connectivity index (χ4v) is 1.69. The molecule has 0 heterocycles. The van der Waals surface area contributed by atoms with Crippen LogP contribution in [-0.4, -0.2) is 11.1 Å². The van der Waals surface area contributed by atoms with Crippen molar-refractivity contribution in [1.29, 1.82) is 0 Å². The molecule has 0 saturated heterocycles. The fraction of sp³-hybridized carbons (Fsp3) is 0.0500. The quantitative estimate of drug-likeness (QED) is 0.570. The van der Waals surface area contributed by atoms with Crippen molar-refractivity contribution in [2.24, 2.45) is 0 Å². The smallest absolute Gasteiger partial charge is 0.335 e. The lowest BCUT2D eigenvalue weighted by Crippen LogP contribution is -2.01. The molecule has 0 atom stereocenters. The van der Waals surface area contributed by atoms with Gasteiger partial charge in [-0.05, 0) is 40.9 Å². The third-order valence-electron chi connectivity index (χ3n) is 3.05. The van der Waals surface area contributed by atoms with Crippen molar-refractivity contribution >= 4 is 11.5 Å². The second-order valence-electron chi connectivity index (χ2n) is 4.92. The number of carboxylic acid groups (broad SMARTS) is 1. The van der Waals surface area contributed by atoms with Gasteiger partial charge < -0.3 is 5.11 Å². The molecule has 1 N–H and O–H groups in total. The first kappa shape index (κ1) is 17.2. The standard InChI is InChI=1S/C20H20O2/c1-14(2)19(20(21)22)13-17(5)15(3)11-12-16(4)18-9-7-6-8-10-18/h6-13H,1,3-5H2,2H3,(H,21,22)/b12-11-,19-13+. The van der Waals surface area contributed by atoms with E-state index in [0.29, 0.717) is 16.7 Å². The molecule has 0 fully saturated rings. The Morgan fingerprint density at radius 3 is 2.09 bits per heavy atom. The van der Waals surface area contributed by atoms with Crippen LogP contribution < -0.4 is 0 Å². The van der Waals surface area contributed by atoms with E-state index in [2.05, 4.69) is 26.3 Å². The van der Waals surface area contributed by atoms with E-state index in [4.69, 9.17) is 5.11 Å². The van der Waals surface area contributed by atoms with Crippen molar-refractivity contribution in [2.45, 2.75) is 6.92 Å². The van der Waals surface area contributed by atoms with Gasteiger partial charge in [-0.25, -0.2) is 4.79 Å². The van der Waals surface area contributed by atoms with Gasteiger partial charge in [-0.3, -0.25) is 0 Å². The van der Waals surface area contributed by atoms with Crippen LogP contribution in [0.15, 0.2) is 97.2 Å². The van der Waals surface area contributed by atoms with Gasteiger partial charge in [0.15, 0.2) is 0 Å². The van der Waals surface area contributed by atoms with Gasteiger partial charge in [0.05, 0.1) is 5.57 Å². The van der Waals surface area contributed by atoms with Crippen molar-refractivity contribution in [2.75, 3.05) is 0 Å². The maximum atomic E-state index is 11.1. The SMILES string of the molecule is C=C(/C=C\C(=C)c1ccccc1)C(=C)/C=C(\C(=C)C)C(=O)O. The molecule has 1 rings (SSSR count). The number of allylic oxidation sites excluding steroid dienone is 6. The molecular formula is C20H20O2. The highest BCUT2D eigenvalue weighted by Crippen LogP contribution is 2.18. The highest BCUT2D eigenvalue weighted by Gasteiger charge is 2.08. The predicted molar refractivity (Wildman–Crippen MR) is 93.4 cm³/mol. The topological polar surface area (TPSA) is 37.3 Å². The average Bonchev–Trinajstić information content (AvgIpc) is 2.49. The molecule has 0 aliphatic rings. The van der Waals surface area contributed by atoms with Crippen LogP contribution in [0, 0.1) is 0 Å². The van der Waals surface area contributed by atoms with Gasteiger partial charge in [-0.1, -0.05) is 68.8 Å². The minimum absolute atomic E-state index is 0.126. The Balaban J connectivity index is 2.84. The molecule has 0 bridgehead atoms. The molecule has 0 amide bonds. The molecule has 0 saturated carbocycles. The third kappa shape index (κ3) is 4.91. The Kier molecular flexibility index (Phi) is 6.09. The van der Waals surface area contributed by atoms with Crippen LogP contribution in [0.3, 0.4) is 0 Å². The summed E-state index contributed by atoms with van der Waals surface area (Å²) in [6, 6.07) is 9.76. The molecule has 0 spiro atoms. The van der Waals surface area contributed by atoms with E-state index < -0.39 is 5.97 Å². The molecule has 1 aromatic carbocycles. The molecule has 1 aromatic rings. The first-order valence-electron chi connectivity index (χ1n) is 6.74. The van der Waals surface area contributed by atoms with Crippen LogP contribution in [0.4, 0.5) is 0 Å². The molecule has 0 aromatic heterocycles. The Hall–Kier alpha value is -2.87. The first-order chi connectivity index (χ1) is 10.3. The molecule has 0 aliphatic heterocycles. The number of benzene rings is 1. The van der Waals surface area contributed by atoms with Crippen molar-refractivity contribution < 1.29 is 9.90 Å². The molecule has 2 heteroatoms. The highest BCUT2D eigenvalue weighted by molar-refractivity contribution is 5.92. The van der Waals surface area contributed by atoms with E-state index >= 15 is 0 Å². The first-order valence-corrected chi connectivity index (χ1v) is 6.74. The molecule has 22 heavy (non-hydrogen) atoms. The second kappa shape index (κ2) is 7.79. The molecule has 2 nitrogen and oxygen atoms in total. The minimum atomic E-state index is -1.03. The van der Waals surface area contributed by atoms with Gasteiger partial charge in [0.2, 0.25) is 0 Å². The maximum absolute atomic E-state index is 11.1. The normalized spacial score (nSPS) is 11.2. The van der Waals surface area contributed by atoms with E-state index in [0.717, 1.165) is 11.1 Å². The summed E-state index contributed by atoms with van der Waals surface area (Å²) in [6.07, 6.45) is 5.08. The number of hydrogen-bond donors (Lipinski definition) is 1. The minimum Gasteiger partial charge on any atom is -0.478 e. The number of rotatable bonds is 7. The summed E-state index contributed by atoms with van der Waals surface area (Å²) in [4.78, 5) is 11.1. The summed E-state index contributed by atoms with van der Waals surface area (Å²) in [6.45, 7) is 17.0. The van der Waals surface area contributed by atoms with E-state index in [1.807, 2.05) is 36.4 Å². The van der Waals surface area contributed by atoms with Crippen LogP contribution >= 0.6 is 0 Å². The summed E-state index contributed by atoms with van der Waals surface area (Å²) in [7, 11) is 0. The van der Waals surface area contributed by atoms with Gasteiger partial charge in [-0.15, -0.1) is 0 Å². The largest absolute Gasteiger partial charge is 0.478 e. The fourth-order valence-electron chi connectivity index (χ4n) is 1.69. The van der Waals surface area contributed by atoms with Crippen molar-refractivity contribution in [1.82, 2.24) is 0 Å². The number of carbonyl (C=O) groups is 1. The van der Waals surface area contributed by atoms with E-state index in [-0.39, 0.29) is 5.57 Å². The lowest BCUT2D eigenvalue weighted by molar-refractivity contribution is -0.132. The molecule has 112 valence electrons. The Morgan fingerprint density at radius 1 is 1.00 bits per heavy atom. The van der Waals surface area contributed by atoms with E-state index in [9.17, 15) is 4.79 Å². The van der Waals surface area contributed by atoms with Crippen LogP contribution in [-0.2, 0) is 4.79 Å². The number of aliphatic carboxylic acids is 1. The second-order valence-corrected chi connectivity index (χ2v) is 4.92. The lowest BCUT2D eigenvalue weighted by Gasteiger charge is -2.05. The van der Waals surface area contributed by atoms with Gasteiger partial charge in [0.1, 0.15) is 0 Å². The predicted octanol–water partition coefficient (Wildman–Crippen LogP) is 4.96. The van der Waals surface area contributed by atoms with Crippen molar-refractivity contribution in [3.05, 3.63) is 103 Å². The Bertz CT molecular complexity index is 670. The van der Waals surface area contributed by atoms with Crippen molar-refractivity contribution in [3.63, 3.8) is 0 Å². The van der Waals surface area contributed by atoms with Gasteiger partial charge in [0.25, 0.3) is 0 Å². The maximum Gasteiger partial charge on any atom is 0.335 e. The van der Waals surface area contributed by atoms with Crippen LogP contribution in [0.1, 0.15) is 12.5 Å². The van der Waals surface area contributed by atoms with E-state index in [1.54, 1.807) is 13.0 Å². The molecule has 0 aliphatic carbocycles. The zero-order valence-electron chi connectivity index (χ0n) is 12.8. The van der Waals surface area contributed by atoms with Gasteiger partial charge >= 0.3 is 5.97 Å². The third-order valence-corrected chi connectivity index (χ3v) is 3.05. The molecule has 0 radical (unpaired) electrons. The zero-order chi connectivity index (χ0) is 16.7. The molecule has 0 unspecified atom stereocenters. The lowest BCUT2D eigenvalue weighted by atomic mass is 10.0. The molecular weight excluding hydrogens is 272 g/mol. The van der Waals surface area contributed by atoms with Crippen LogP contribution in [0.2, 0.25) is 0 Å². The Morgan fingerprint density at radius 2 is 1.59 bits per heavy atom. The summed E-state index contributed by atoms with van der Waals surface area (Å²) < 4.78 is 0. The average molecular weight is 292 g/mol. The summed E-state index contributed by atoms with van der Waals surface area (Å²) in [5, 5.41) is 9.11. The summed E-state index contributed by atoms with van der Waals surface area (Å²) in [5.74, 6) is -1.03. The monoisotopic (exact) mass is 292 g/mol. The van der Waals surface area contributed by atoms with Crippen LogP contribution in [0.5, 0.6) is 0 Å². The summed E-state index contributed by atoms with van der Waals surface area (Å²) in [5.41, 5.74) is 3.60. The summed E-state index contributed by atoms with van der Waals surface area (Å²) >= 11 is 0. The zero-order valence-corrected chi connectivity index (χ0v) is 12.8. The highest BCUT2D eigenvalue weighted by atomic mass is 16.4. The van der Waals surface area contributed by atoms with Crippen molar-refractivity contribution in [3.8, 4) is 0 Å². The van der Waals surface area contributed by atoms with Crippen LogP contribution in [0.25, 0.3) is 5.57 Å². The number of hydrogen-bond acceptors (Lipinski definition) is 1.